The molecule has 4 nitrogen and oxygen atoms in total. The molecule has 0 spiro atoms. The number of rotatable bonds is 3. The maximum atomic E-state index is 6.18. The molecule has 1 atom stereocenters. The molecule has 19 heavy (non-hydrogen) atoms. The third-order valence-corrected chi connectivity index (χ3v) is 4.01. The highest BCUT2D eigenvalue weighted by Crippen LogP contribution is 2.28. The predicted octanol–water partition coefficient (Wildman–Crippen LogP) is 2.65. The van der Waals surface area contributed by atoms with Crippen LogP contribution in [0.3, 0.4) is 0 Å². The summed E-state index contributed by atoms with van der Waals surface area (Å²) in [6.45, 7) is 5.24. The molecule has 2 N–H and O–H groups in total. The Bertz CT molecular complexity index is 564. The van der Waals surface area contributed by atoms with Gasteiger partial charge in [-0.1, -0.05) is 0 Å². The molecule has 1 unspecified atom stereocenters. The first-order valence-electron chi connectivity index (χ1n) is 7.10. The highest BCUT2D eigenvalue weighted by atomic mass is 15.1. The van der Waals surface area contributed by atoms with Crippen LogP contribution in [0.1, 0.15) is 55.6 Å². The van der Waals surface area contributed by atoms with Crippen molar-refractivity contribution in [2.45, 2.75) is 51.7 Å². The molecule has 0 radical (unpaired) electrons. The highest BCUT2D eigenvalue weighted by molar-refractivity contribution is 5.30. The highest BCUT2D eigenvalue weighted by Gasteiger charge is 2.19. The maximum absolute atomic E-state index is 6.18. The molecule has 4 heteroatoms. The second-order valence-electron chi connectivity index (χ2n) is 5.80. The normalized spacial score (nSPS) is 18.8. The molecule has 0 bridgehead atoms. The zero-order valence-electron chi connectivity index (χ0n) is 11.7. The van der Waals surface area contributed by atoms with Crippen LogP contribution < -0.4 is 5.73 Å². The number of hydrogen-bond donors (Lipinski definition) is 1. The minimum absolute atomic E-state index is 0.222. The van der Waals surface area contributed by atoms with Crippen LogP contribution in [0, 0.1) is 0 Å². The molecule has 102 valence electrons. The number of hydrogen-bond acceptors (Lipinski definition) is 2. The Morgan fingerprint density at radius 3 is 3.00 bits per heavy atom. The molecule has 1 aliphatic rings. The lowest BCUT2D eigenvalue weighted by Gasteiger charge is -2.17. The summed E-state index contributed by atoms with van der Waals surface area (Å²) in [5.41, 5.74) is 10.2. The van der Waals surface area contributed by atoms with E-state index in [-0.39, 0.29) is 6.04 Å². The van der Waals surface area contributed by atoms with E-state index < -0.39 is 0 Å². The number of fused-ring (bicyclic) bond motifs is 1. The molecule has 3 rings (SSSR count). The van der Waals surface area contributed by atoms with Crippen LogP contribution in [-0.4, -0.2) is 14.1 Å². The fourth-order valence-electron chi connectivity index (χ4n) is 2.98. The van der Waals surface area contributed by atoms with Crippen LogP contribution in [0.25, 0.3) is 0 Å². The van der Waals surface area contributed by atoms with Gasteiger partial charge >= 0.3 is 0 Å². The van der Waals surface area contributed by atoms with Gasteiger partial charge in [0.1, 0.15) is 0 Å². The van der Waals surface area contributed by atoms with E-state index in [1.807, 2.05) is 12.5 Å². The van der Waals surface area contributed by atoms with Crippen molar-refractivity contribution < 1.29 is 0 Å². The number of aryl methyl sites for hydroxylation is 1. The average Bonchev–Trinajstić information content (AvgIpc) is 2.96. The van der Waals surface area contributed by atoms with Crippen molar-refractivity contribution in [1.82, 2.24) is 14.1 Å². The summed E-state index contributed by atoms with van der Waals surface area (Å²) in [6.07, 6.45) is 11.8. The van der Waals surface area contributed by atoms with Crippen LogP contribution in [-0.2, 0) is 13.0 Å². The third-order valence-electron chi connectivity index (χ3n) is 4.01. The summed E-state index contributed by atoms with van der Waals surface area (Å²) >= 11 is 0. The Balaban J connectivity index is 1.86. The molecule has 2 heterocycles. The number of nitrogens with two attached hydrogens (primary N) is 1. The Morgan fingerprint density at radius 2 is 2.26 bits per heavy atom. The predicted molar refractivity (Wildman–Crippen MR) is 76.0 cm³/mol. The number of aromatic nitrogens is 3. The minimum Gasteiger partial charge on any atom is -0.348 e. The van der Waals surface area contributed by atoms with E-state index in [9.17, 15) is 0 Å². The van der Waals surface area contributed by atoms with Gasteiger partial charge in [0.25, 0.3) is 0 Å². The van der Waals surface area contributed by atoms with Gasteiger partial charge in [-0.15, -0.1) is 0 Å². The quantitative estimate of drug-likeness (QED) is 0.920. The molecule has 0 aromatic carbocycles. The molecule has 2 aromatic rings. The molecule has 0 amide bonds. The standard InChI is InChI=1S/C15H22N4/c1-11(2)19-10-17-6-13(19)8-18-7-12-4-3-5-15(16)14(12)9-18/h6-7,9-11,15H,3-5,8,16H2,1-2H3. The summed E-state index contributed by atoms with van der Waals surface area (Å²) in [4.78, 5) is 4.26. The first kappa shape index (κ1) is 12.5. The van der Waals surface area contributed by atoms with Crippen molar-refractivity contribution in [3.63, 3.8) is 0 Å². The van der Waals surface area contributed by atoms with Crippen LogP contribution in [0.4, 0.5) is 0 Å². The van der Waals surface area contributed by atoms with E-state index in [0.717, 1.165) is 13.0 Å². The van der Waals surface area contributed by atoms with E-state index in [1.165, 1.54) is 29.7 Å². The Kier molecular flexibility index (Phi) is 3.19. The fourth-order valence-corrected chi connectivity index (χ4v) is 2.98. The summed E-state index contributed by atoms with van der Waals surface area (Å²) in [5, 5.41) is 0. The van der Waals surface area contributed by atoms with Gasteiger partial charge in [-0.25, -0.2) is 4.98 Å². The van der Waals surface area contributed by atoms with Gasteiger partial charge in [0.2, 0.25) is 0 Å². The monoisotopic (exact) mass is 258 g/mol. The zero-order valence-corrected chi connectivity index (χ0v) is 11.7. The van der Waals surface area contributed by atoms with Gasteiger partial charge in [-0.3, -0.25) is 0 Å². The second-order valence-corrected chi connectivity index (χ2v) is 5.80. The van der Waals surface area contributed by atoms with Crippen molar-refractivity contribution in [1.29, 1.82) is 0 Å². The van der Waals surface area contributed by atoms with Gasteiger partial charge < -0.3 is 14.9 Å². The lowest BCUT2D eigenvalue weighted by molar-refractivity contribution is 0.560. The van der Waals surface area contributed by atoms with Gasteiger partial charge in [-0.2, -0.15) is 0 Å². The van der Waals surface area contributed by atoms with Gasteiger partial charge in [-0.05, 0) is 44.2 Å². The van der Waals surface area contributed by atoms with E-state index in [4.69, 9.17) is 5.73 Å². The van der Waals surface area contributed by atoms with E-state index in [1.54, 1.807) is 0 Å². The summed E-state index contributed by atoms with van der Waals surface area (Å²) in [5.74, 6) is 0. The smallest absolute Gasteiger partial charge is 0.0951 e. The number of imidazole rings is 1. The van der Waals surface area contributed by atoms with Gasteiger partial charge in [0, 0.05) is 30.7 Å². The third kappa shape index (κ3) is 2.32. The number of nitrogens with zero attached hydrogens (tertiary/aromatic N) is 3. The molecule has 0 fully saturated rings. The van der Waals surface area contributed by atoms with Crippen LogP contribution >= 0.6 is 0 Å². The van der Waals surface area contributed by atoms with Crippen molar-refractivity contribution in [2.24, 2.45) is 5.73 Å². The Morgan fingerprint density at radius 1 is 1.42 bits per heavy atom. The van der Waals surface area contributed by atoms with Crippen LogP contribution in [0.2, 0.25) is 0 Å². The maximum Gasteiger partial charge on any atom is 0.0951 e. The lowest BCUT2D eigenvalue weighted by Crippen LogP contribution is -2.15. The van der Waals surface area contributed by atoms with E-state index in [0.29, 0.717) is 6.04 Å². The van der Waals surface area contributed by atoms with Crippen molar-refractivity contribution in [2.75, 3.05) is 0 Å². The van der Waals surface area contributed by atoms with Crippen molar-refractivity contribution >= 4 is 0 Å². The molecule has 2 aromatic heterocycles. The van der Waals surface area contributed by atoms with Crippen LogP contribution in [0.5, 0.6) is 0 Å². The molecule has 1 aliphatic carbocycles. The summed E-state index contributed by atoms with van der Waals surface area (Å²) in [7, 11) is 0. The van der Waals surface area contributed by atoms with Crippen molar-refractivity contribution in [3.05, 3.63) is 41.7 Å². The zero-order chi connectivity index (χ0) is 13.4. The molecule has 0 saturated heterocycles. The van der Waals surface area contributed by atoms with E-state index in [2.05, 4.69) is 40.4 Å². The largest absolute Gasteiger partial charge is 0.348 e. The molecule has 0 aliphatic heterocycles. The Labute approximate surface area is 114 Å². The summed E-state index contributed by atoms with van der Waals surface area (Å²) < 4.78 is 4.48. The molecular weight excluding hydrogens is 236 g/mol. The van der Waals surface area contributed by atoms with Gasteiger partial charge in [0.05, 0.1) is 18.6 Å². The Hall–Kier alpha value is -1.55. The second kappa shape index (κ2) is 4.85. The lowest BCUT2D eigenvalue weighted by atomic mass is 9.92. The van der Waals surface area contributed by atoms with Crippen LogP contribution in [0.15, 0.2) is 24.9 Å². The molecular formula is C15H22N4. The topological polar surface area (TPSA) is 48.8 Å². The SMILES string of the molecule is CC(C)n1cncc1Cn1cc2c(c1)C(N)CCC2. The van der Waals surface area contributed by atoms with Gasteiger partial charge in [0.15, 0.2) is 0 Å². The molecule has 0 saturated carbocycles. The minimum atomic E-state index is 0.222. The average molecular weight is 258 g/mol. The first-order chi connectivity index (χ1) is 9.15. The van der Waals surface area contributed by atoms with E-state index >= 15 is 0 Å². The summed E-state index contributed by atoms with van der Waals surface area (Å²) in [6, 6.07) is 0.671. The fraction of sp³-hybridized carbons (Fsp3) is 0.533. The first-order valence-corrected chi connectivity index (χ1v) is 7.10. The van der Waals surface area contributed by atoms with Crippen molar-refractivity contribution in [3.8, 4) is 0 Å².